The number of amides is 2. The highest BCUT2D eigenvalue weighted by Gasteiger charge is 2.09. The molecule has 0 aliphatic carbocycles. The largest absolute Gasteiger partial charge is 0.490 e. The highest BCUT2D eigenvalue weighted by atomic mass is 16.5. The van der Waals surface area contributed by atoms with Crippen LogP contribution in [-0.4, -0.2) is 31.6 Å². The Labute approximate surface area is 184 Å². The molecule has 2 amide bonds. The predicted octanol–water partition coefficient (Wildman–Crippen LogP) is 4.57. The number of anilines is 1. The Balaban J connectivity index is 1.93. The molecule has 0 fully saturated rings. The average Bonchev–Trinajstić information content (AvgIpc) is 2.72. The van der Waals surface area contributed by atoms with Crippen LogP contribution >= 0.6 is 0 Å². The number of hydrogen-bond acceptors (Lipinski definition) is 4. The van der Waals surface area contributed by atoms with Gasteiger partial charge in [-0.25, -0.2) is 0 Å². The summed E-state index contributed by atoms with van der Waals surface area (Å²) in [7, 11) is 0. The van der Waals surface area contributed by atoms with Gasteiger partial charge in [-0.05, 0) is 69.0 Å². The maximum atomic E-state index is 12.2. The first-order valence-corrected chi connectivity index (χ1v) is 10.6. The van der Waals surface area contributed by atoms with Crippen molar-refractivity contribution in [2.24, 2.45) is 0 Å². The lowest BCUT2D eigenvalue weighted by Gasteiger charge is -2.13. The minimum Gasteiger partial charge on any atom is -0.490 e. The Kier molecular flexibility index (Phi) is 9.13. The lowest BCUT2D eigenvalue weighted by atomic mass is 10.1. The Morgan fingerprint density at radius 1 is 0.968 bits per heavy atom. The number of aryl methyl sites for hydroxylation is 3. The van der Waals surface area contributed by atoms with Crippen molar-refractivity contribution in [2.75, 3.05) is 25.1 Å². The molecular formula is C25H32N2O4. The van der Waals surface area contributed by atoms with Gasteiger partial charge in [-0.3, -0.25) is 9.59 Å². The molecule has 0 aromatic heterocycles. The van der Waals surface area contributed by atoms with Crippen LogP contribution in [0.4, 0.5) is 5.69 Å². The van der Waals surface area contributed by atoms with E-state index in [1.165, 1.54) is 6.08 Å². The maximum Gasteiger partial charge on any atom is 0.244 e. The monoisotopic (exact) mass is 424 g/mol. The van der Waals surface area contributed by atoms with E-state index in [0.29, 0.717) is 24.7 Å². The second-order valence-corrected chi connectivity index (χ2v) is 7.36. The van der Waals surface area contributed by atoms with Gasteiger partial charge < -0.3 is 20.1 Å². The third-order valence-corrected chi connectivity index (χ3v) is 4.52. The van der Waals surface area contributed by atoms with E-state index >= 15 is 0 Å². The zero-order chi connectivity index (χ0) is 22.8. The van der Waals surface area contributed by atoms with Crippen molar-refractivity contribution in [3.63, 3.8) is 0 Å². The summed E-state index contributed by atoms with van der Waals surface area (Å²) in [4.78, 5) is 24.4. The molecule has 0 saturated carbocycles. The minimum absolute atomic E-state index is 0.107. The first kappa shape index (κ1) is 24.0. The number of rotatable bonds is 10. The van der Waals surface area contributed by atoms with Gasteiger partial charge in [0.25, 0.3) is 0 Å². The van der Waals surface area contributed by atoms with Crippen molar-refractivity contribution in [3.05, 3.63) is 58.7 Å². The van der Waals surface area contributed by atoms with Crippen LogP contribution in [0.1, 0.15) is 42.5 Å². The number of carbonyl (C=O) groups excluding carboxylic acids is 2. The van der Waals surface area contributed by atoms with Gasteiger partial charge in [0.2, 0.25) is 11.8 Å². The van der Waals surface area contributed by atoms with E-state index < -0.39 is 0 Å². The molecule has 0 spiro atoms. The van der Waals surface area contributed by atoms with Crippen LogP contribution in [0.5, 0.6) is 11.5 Å². The Bertz CT molecular complexity index is 928. The number of carbonyl (C=O) groups is 2. The quantitative estimate of drug-likeness (QED) is 0.548. The second-order valence-electron chi connectivity index (χ2n) is 7.36. The molecule has 2 aromatic carbocycles. The Morgan fingerprint density at radius 3 is 2.32 bits per heavy atom. The lowest BCUT2D eigenvalue weighted by Crippen LogP contribution is -2.32. The van der Waals surface area contributed by atoms with Crippen LogP contribution in [0, 0.1) is 20.8 Å². The highest BCUT2D eigenvalue weighted by Crippen LogP contribution is 2.29. The van der Waals surface area contributed by atoms with Gasteiger partial charge in [0.05, 0.1) is 19.8 Å². The molecule has 2 N–H and O–H groups in total. The van der Waals surface area contributed by atoms with Crippen LogP contribution in [0.3, 0.4) is 0 Å². The molecule has 0 unspecified atom stereocenters. The van der Waals surface area contributed by atoms with E-state index in [9.17, 15) is 9.59 Å². The van der Waals surface area contributed by atoms with E-state index in [1.54, 1.807) is 6.08 Å². The van der Waals surface area contributed by atoms with E-state index in [0.717, 1.165) is 34.4 Å². The SMILES string of the molecule is CCCOc1ccc(/C=C/C(=O)NCC(=O)Nc2c(C)cc(C)cc2C)cc1OCC. The van der Waals surface area contributed by atoms with Gasteiger partial charge in [0.15, 0.2) is 11.5 Å². The van der Waals surface area contributed by atoms with Gasteiger partial charge in [0.1, 0.15) is 0 Å². The summed E-state index contributed by atoms with van der Waals surface area (Å²) in [6, 6.07) is 9.54. The van der Waals surface area contributed by atoms with E-state index in [2.05, 4.69) is 10.6 Å². The van der Waals surface area contributed by atoms with E-state index in [-0.39, 0.29) is 18.4 Å². The molecular weight excluding hydrogens is 392 g/mol. The molecule has 0 atom stereocenters. The fraction of sp³-hybridized carbons (Fsp3) is 0.360. The van der Waals surface area contributed by atoms with Crippen molar-refractivity contribution in [1.29, 1.82) is 0 Å². The summed E-state index contributed by atoms with van der Waals surface area (Å²) in [5, 5.41) is 5.48. The number of nitrogens with one attached hydrogen (secondary N) is 2. The average molecular weight is 425 g/mol. The summed E-state index contributed by atoms with van der Waals surface area (Å²) < 4.78 is 11.3. The first-order valence-electron chi connectivity index (χ1n) is 10.6. The summed E-state index contributed by atoms with van der Waals surface area (Å²) in [5.74, 6) is 0.704. The summed E-state index contributed by atoms with van der Waals surface area (Å²) in [5.41, 5.74) is 4.72. The van der Waals surface area contributed by atoms with Crippen LogP contribution < -0.4 is 20.1 Å². The number of benzene rings is 2. The summed E-state index contributed by atoms with van der Waals surface area (Å²) in [6.07, 6.45) is 3.98. The van der Waals surface area contributed by atoms with Gasteiger partial charge in [-0.15, -0.1) is 0 Å². The highest BCUT2D eigenvalue weighted by molar-refractivity contribution is 5.98. The smallest absolute Gasteiger partial charge is 0.244 e. The first-order chi connectivity index (χ1) is 14.8. The molecule has 0 bridgehead atoms. The Morgan fingerprint density at radius 2 is 1.68 bits per heavy atom. The molecule has 0 radical (unpaired) electrons. The fourth-order valence-electron chi connectivity index (χ4n) is 3.19. The van der Waals surface area contributed by atoms with Crippen molar-refractivity contribution in [3.8, 4) is 11.5 Å². The van der Waals surface area contributed by atoms with Crippen molar-refractivity contribution in [1.82, 2.24) is 5.32 Å². The van der Waals surface area contributed by atoms with Crippen molar-refractivity contribution >= 4 is 23.6 Å². The molecule has 6 heteroatoms. The van der Waals surface area contributed by atoms with E-state index in [1.807, 2.05) is 65.0 Å². The normalized spacial score (nSPS) is 10.7. The van der Waals surface area contributed by atoms with E-state index in [4.69, 9.17) is 9.47 Å². The second kappa shape index (κ2) is 11.8. The van der Waals surface area contributed by atoms with Gasteiger partial charge >= 0.3 is 0 Å². The Hall–Kier alpha value is -3.28. The van der Waals surface area contributed by atoms with Crippen molar-refractivity contribution in [2.45, 2.75) is 41.0 Å². The molecule has 2 aromatic rings. The van der Waals surface area contributed by atoms with Crippen LogP contribution in [-0.2, 0) is 9.59 Å². The lowest BCUT2D eigenvalue weighted by molar-refractivity contribution is -0.121. The molecule has 0 heterocycles. The zero-order valence-corrected chi connectivity index (χ0v) is 19.0. The molecule has 0 aliphatic heterocycles. The van der Waals surface area contributed by atoms with Crippen LogP contribution in [0.2, 0.25) is 0 Å². The molecule has 166 valence electrons. The molecule has 2 rings (SSSR count). The maximum absolute atomic E-state index is 12.2. The van der Waals surface area contributed by atoms with Gasteiger partial charge in [0, 0.05) is 11.8 Å². The van der Waals surface area contributed by atoms with Crippen LogP contribution in [0.15, 0.2) is 36.4 Å². The summed E-state index contributed by atoms with van der Waals surface area (Å²) in [6.45, 7) is 10.9. The van der Waals surface area contributed by atoms with Crippen molar-refractivity contribution < 1.29 is 19.1 Å². The minimum atomic E-state index is -0.350. The molecule has 31 heavy (non-hydrogen) atoms. The van der Waals surface area contributed by atoms with Gasteiger partial charge in [-0.2, -0.15) is 0 Å². The summed E-state index contributed by atoms with van der Waals surface area (Å²) >= 11 is 0. The number of hydrogen-bond donors (Lipinski definition) is 2. The third-order valence-electron chi connectivity index (χ3n) is 4.52. The number of ether oxygens (including phenoxy) is 2. The van der Waals surface area contributed by atoms with Gasteiger partial charge in [-0.1, -0.05) is 30.7 Å². The predicted molar refractivity (Wildman–Crippen MR) is 125 cm³/mol. The third kappa shape index (κ3) is 7.48. The van der Waals surface area contributed by atoms with Crippen LogP contribution in [0.25, 0.3) is 6.08 Å². The molecule has 0 aliphatic rings. The molecule has 6 nitrogen and oxygen atoms in total. The standard InChI is InChI=1S/C25H32N2O4/c1-6-12-31-21-10-8-20(15-22(21)30-7-2)9-11-23(28)26-16-24(29)27-25-18(4)13-17(3)14-19(25)5/h8-11,13-15H,6-7,12,16H2,1-5H3,(H,26,28)(H,27,29)/b11-9+. The molecule has 0 saturated heterocycles. The zero-order valence-electron chi connectivity index (χ0n) is 19.0. The fourth-order valence-corrected chi connectivity index (χ4v) is 3.19. The topological polar surface area (TPSA) is 76.7 Å².